The van der Waals surface area contributed by atoms with Gasteiger partial charge >= 0.3 is 0 Å². The van der Waals surface area contributed by atoms with Crippen molar-refractivity contribution >= 4 is 5.91 Å². The molecule has 2 rings (SSSR count). The topological polar surface area (TPSA) is 47.6 Å². The van der Waals surface area contributed by atoms with E-state index in [-0.39, 0.29) is 12.5 Å². The van der Waals surface area contributed by atoms with Crippen molar-refractivity contribution in [3.63, 3.8) is 0 Å². The molecule has 1 atom stereocenters. The van der Waals surface area contributed by atoms with Gasteiger partial charge in [-0.25, -0.2) is 0 Å². The second-order valence-corrected chi connectivity index (χ2v) is 3.26. The molecule has 0 bridgehead atoms. The van der Waals surface area contributed by atoms with Gasteiger partial charge in [-0.2, -0.15) is 0 Å². The normalized spacial score (nSPS) is 18.3. The zero-order chi connectivity index (χ0) is 10.7. The lowest BCUT2D eigenvalue weighted by Crippen LogP contribution is -2.43. The van der Waals surface area contributed by atoms with Gasteiger partial charge in [0.05, 0.1) is 0 Å². The third kappa shape index (κ3) is 2.03. The molecule has 0 saturated heterocycles. The Morgan fingerprint density at radius 2 is 2.20 bits per heavy atom. The average Bonchev–Trinajstić information content (AvgIpc) is 2.29. The molecule has 0 fully saturated rings. The molecule has 0 radical (unpaired) electrons. The molecule has 15 heavy (non-hydrogen) atoms. The number of para-hydroxylation sites is 2. The quantitative estimate of drug-likeness (QED) is 0.785. The fraction of sp³-hybridized carbons (Fsp3) is 0.364. The smallest absolute Gasteiger partial charge is 0.264 e. The fourth-order valence-electron chi connectivity index (χ4n) is 1.44. The number of likely N-dealkylation sites (N-methyl/N-ethyl adjacent to an activating group) is 1. The predicted molar refractivity (Wildman–Crippen MR) is 55.0 cm³/mol. The lowest BCUT2D eigenvalue weighted by atomic mass is 10.2. The first-order chi connectivity index (χ1) is 7.31. The minimum Gasteiger partial charge on any atom is -0.485 e. The third-order valence-electron chi connectivity index (χ3n) is 2.15. The first kappa shape index (κ1) is 9.83. The highest BCUT2D eigenvalue weighted by Gasteiger charge is 2.26. The summed E-state index contributed by atoms with van der Waals surface area (Å²) in [5.74, 6) is 1.19. The zero-order valence-electron chi connectivity index (χ0n) is 8.53. The first-order valence-electron chi connectivity index (χ1n) is 4.97. The molecule has 1 N–H and O–H groups in total. The number of ether oxygens (including phenoxy) is 2. The zero-order valence-corrected chi connectivity index (χ0v) is 8.53. The summed E-state index contributed by atoms with van der Waals surface area (Å²) in [7, 11) is 0. The number of benzene rings is 1. The van der Waals surface area contributed by atoms with Crippen LogP contribution in [0, 0.1) is 0 Å². The van der Waals surface area contributed by atoms with Gasteiger partial charge in [0.15, 0.2) is 11.5 Å². The van der Waals surface area contributed by atoms with Crippen LogP contribution in [0.15, 0.2) is 24.3 Å². The van der Waals surface area contributed by atoms with Crippen molar-refractivity contribution in [3.8, 4) is 11.5 Å². The van der Waals surface area contributed by atoms with Crippen LogP contribution in [0.25, 0.3) is 0 Å². The van der Waals surface area contributed by atoms with Gasteiger partial charge < -0.3 is 14.8 Å². The SMILES string of the molecule is CCNC(=O)[C@H]1COc2ccccc2O1. The van der Waals surface area contributed by atoms with Gasteiger partial charge in [0.1, 0.15) is 6.61 Å². The summed E-state index contributed by atoms with van der Waals surface area (Å²) in [6.07, 6.45) is -0.542. The molecule has 4 nitrogen and oxygen atoms in total. The van der Waals surface area contributed by atoms with Gasteiger partial charge in [-0.3, -0.25) is 4.79 Å². The van der Waals surface area contributed by atoms with Crippen LogP contribution in [-0.4, -0.2) is 25.2 Å². The van der Waals surface area contributed by atoms with Crippen LogP contribution in [0.1, 0.15) is 6.92 Å². The second kappa shape index (κ2) is 4.21. The summed E-state index contributed by atoms with van der Waals surface area (Å²) < 4.78 is 10.9. The van der Waals surface area contributed by atoms with Crippen LogP contribution in [0.2, 0.25) is 0 Å². The van der Waals surface area contributed by atoms with Gasteiger partial charge in [-0.1, -0.05) is 12.1 Å². The number of rotatable bonds is 2. The largest absolute Gasteiger partial charge is 0.485 e. The maximum Gasteiger partial charge on any atom is 0.264 e. The minimum atomic E-state index is -0.542. The number of fused-ring (bicyclic) bond motifs is 1. The molecule has 0 unspecified atom stereocenters. The van der Waals surface area contributed by atoms with E-state index in [1.807, 2.05) is 25.1 Å². The number of hydrogen-bond donors (Lipinski definition) is 1. The van der Waals surface area contributed by atoms with Gasteiger partial charge in [0, 0.05) is 6.54 Å². The number of carbonyl (C=O) groups excluding carboxylic acids is 1. The van der Waals surface area contributed by atoms with Crippen LogP contribution in [0.5, 0.6) is 11.5 Å². The first-order valence-corrected chi connectivity index (χ1v) is 4.97. The molecular weight excluding hydrogens is 194 g/mol. The van der Waals surface area contributed by atoms with Crippen LogP contribution < -0.4 is 14.8 Å². The average molecular weight is 207 g/mol. The Hall–Kier alpha value is -1.71. The lowest BCUT2D eigenvalue weighted by Gasteiger charge is -2.25. The maximum absolute atomic E-state index is 11.5. The lowest BCUT2D eigenvalue weighted by molar-refractivity contribution is -0.130. The molecule has 1 aromatic carbocycles. The van der Waals surface area contributed by atoms with Crippen LogP contribution in [0.4, 0.5) is 0 Å². The molecule has 0 saturated carbocycles. The van der Waals surface area contributed by atoms with Crippen LogP contribution in [-0.2, 0) is 4.79 Å². The standard InChI is InChI=1S/C11H13NO3/c1-2-12-11(13)10-7-14-8-5-3-4-6-9(8)15-10/h3-6,10H,2,7H2,1H3,(H,12,13)/t10-/m1/s1. The summed E-state index contributed by atoms with van der Waals surface area (Å²) in [5, 5.41) is 2.70. The molecular formula is C11H13NO3. The molecule has 80 valence electrons. The summed E-state index contributed by atoms with van der Waals surface area (Å²) in [4.78, 5) is 11.5. The maximum atomic E-state index is 11.5. The fourth-order valence-corrected chi connectivity index (χ4v) is 1.44. The van der Waals surface area contributed by atoms with E-state index in [2.05, 4.69) is 5.32 Å². The van der Waals surface area contributed by atoms with Crippen molar-refractivity contribution in [3.05, 3.63) is 24.3 Å². The monoisotopic (exact) mass is 207 g/mol. The Morgan fingerprint density at radius 1 is 1.47 bits per heavy atom. The van der Waals surface area contributed by atoms with E-state index < -0.39 is 6.10 Å². The Kier molecular flexibility index (Phi) is 2.76. The molecule has 1 aliphatic heterocycles. The highest BCUT2D eigenvalue weighted by atomic mass is 16.6. The number of carbonyl (C=O) groups is 1. The summed E-state index contributed by atoms with van der Waals surface area (Å²) >= 11 is 0. The van der Waals surface area contributed by atoms with E-state index in [0.717, 1.165) is 0 Å². The Balaban J connectivity index is 2.08. The van der Waals surface area contributed by atoms with E-state index in [9.17, 15) is 4.79 Å². The number of nitrogens with one attached hydrogen (secondary N) is 1. The molecule has 0 aromatic heterocycles. The highest BCUT2D eigenvalue weighted by Crippen LogP contribution is 2.30. The summed E-state index contributed by atoms with van der Waals surface area (Å²) in [5.41, 5.74) is 0. The number of hydrogen-bond acceptors (Lipinski definition) is 3. The molecule has 1 aliphatic rings. The summed E-state index contributed by atoms with van der Waals surface area (Å²) in [6.45, 7) is 2.73. The van der Waals surface area contributed by atoms with Gasteiger partial charge in [-0.15, -0.1) is 0 Å². The molecule has 1 amide bonds. The minimum absolute atomic E-state index is 0.132. The highest BCUT2D eigenvalue weighted by molar-refractivity contribution is 5.81. The Bertz CT molecular complexity index is 365. The van der Waals surface area contributed by atoms with Gasteiger partial charge in [-0.05, 0) is 19.1 Å². The van der Waals surface area contributed by atoms with E-state index in [1.165, 1.54) is 0 Å². The second-order valence-electron chi connectivity index (χ2n) is 3.26. The van der Waals surface area contributed by atoms with Crippen molar-refractivity contribution in [1.29, 1.82) is 0 Å². The Morgan fingerprint density at radius 3 is 2.93 bits per heavy atom. The van der Waals surface area contributed by atoms with Crippen LogP contribution >= 0.6 is 0 Å². The van der Waals surface area contributed by atoms with E-state index in [4.69, 9.17) is 9.47 Å². The van der Waals surface area contributed by atoms with Crippen LogP contribution in [0.3, 0.4) is 0 Å². The summed E-state index contributed by atoms with van der Waals surface area (Å²) in [6, 6.07) is 7.33. The predicted octanol–water partition coefficient (Wildman–Crippen LogP) is 0.962. The van der Waals surface area contributed by atoms with Crippen molar-refractivity contribution < 1.29 is 14.3 Å². The molecule has 1 heterocycles. The van der Waals surface area contributed by atoms with Gasteiger partial charge in [0.25, 0.3) is 5.91 Å². The van der Waals surface area contributed by atoms with E-state index in [0.29, 0.717) is 18.0 Å². The number of amides is 1. The van der Waals surface area contributed by atoms with Crippen molar-refractivity contribution in [1.82, 2.24) is 5.32 Å². The van der Waals surface area contributed by atoms with E-state index in [1.54, 1.807) is 6.07 Å². The van der Waals surface area contributed by atoms with Crippen molar-refractivity contribution in [2.45, 2.75) is 13.0 Å². The molecule has 1 aromatic rings. The van der Waals surface area contributed by atoms with Crippen molar-refractivity contribution in [2.75, 3.05) is 13.2 Å². The third-order valence-corrected chi connectivity index (χ3v) is 2.15. The molecule has 4 heteroatoms. The molecule has 0 spiro atoms. The molecule has 0 aliphatic carbocycles. The Labute approximate surface area is 88.2 Å². The van der Waals surface area contributed by atoms with Gasteiger partial charge in [0.2, 0.25) is 6.10 Å². The van der Waals surface area contributed by atoms with Crippen molar-refractivity contribution in [2.24, 2.45) is 0 Å². The van der Waals surface area contributed by atoms with E-state index >= 15 is 0 Å².